The van der Waals surface area contributed by atoms with Crippen LogP contribution in [0.4, 0.5) is 0 Å². The highest BCUT2D eigenvalue weighted by molar-refractivity contribution is 7.17. The summed E-state index contributed by atoms with van der Waals surface area (Å²) in [6.07, 6.45) is 10.2. The molecule has 1 amide bonds. The van der Waals surface area contributed by atoms with Crippen molar-refractivity contribution in [3.8, 4) is 0 Å². The van der Waals surface area contributed by atoms with Crippen molar-refractivity contribution >= 4 is 22.2 Å². The second kappa shape index (κ2) is 6.07. The Hall–Kier alpha value is -1.69. The van der Waals surface area contributed by atoms with Crippen LogP contribution in [-0.2, 0) is 12.8 Å². The number of nitrogens with zero attached hydrogens (tertiary/aromatic N) is 3. The van der Waals surface area contributed by atoms with E-state index in [0.29, 0.717) is 0 Å². The minimum absolute atomic E-state index is 0.153. The summed E-state index contributed by atoms with van der Waals surface area (Å²) in [5.74, 6) is -0.153. The number of thiazole rings is 1. The second-order valence-electron chi connectivity index (χ2n) is 6.48. The number of carbonyl (C=O) groups is 1. The predicted molar refractivity (Wildman–Crippen MR) is 90.4 cm³/mol. The first-order valence-electron chi connectivity index (χ1n) is 8.57. The summed E-state index contributed by atoms with van der Waals surface area (Å²) in [7, 11) is 0. The third-order valence-corrected chi connectivity index (χ3v) is 6.08. The van der Waals surface area contributed by atoms with Crippen molar-refractivity contribution < 1.29 is 4.79 Å². The molecule has 2 aliphatic rings. The van der Waals surface area contributed by atoms with Gasteiger partial charge in [-0.15, -0.1) is 11.3 Å². The van der Waals surface area contributed by atoms with Crippen LogP contribution < -0.4 is 5.56 Å². The second-order valence-corrected chi connectivity index (χ2v) is 7.54. The van der Waals surface area contributed by atoms with Gasteiger partial charge in [0.25, 0.3) is 11.5 Å². The van der Waals surface area contributed by atoms with Crippen LogP contribution in [-0.4, -0.2) is 33.3 Å². The quantitative estimate of drug-likeness (QED) is 0.807. The maximum Gasteiger partial charge on any atom is 0.271 e. The van der Waals surface area contributed by atoms with Crippen molar-refractivity contribution in [2.24, 2.45) is 0 Å². The van der Waals surface area contributed by atoms with Crippen molar-refractivity contribution in [1.82, 2.24) is 14.3 Å². The summed E-state index contributed by atoms with van der Waals surface area (Å²) >= 11 is 1.62. The number of hydrogen-bond acceptors (Lipinski definition) is 4. The Morgan fingerprint density at radius 1 is 1.04 bits per heavy atom. The molecule has 0 aromatic carbocycles. The number of amides is 1. The van der Waals surface area contributed by atoms with E-state index in [9.17, 15) is 9.59 Å². The number of aryl methyl sites for hydroxylation is 2. The van der Waals surface area contributed by atoms with Crippen LogP contribution >= 0.6 is 11.3 Å². The monoisotopic (exact) mass is 331 g/mol. The van der Waals surface area contributed by atoms with Crippen LogP contribution in [0.15, 0.2) is 11.0 Å². The van der Waals surface area contributed by atoms with Gasteiger partial charge in [-0.05, 0) is 38.5 Å². The summed E-state index contributed by atoms with van der Waals surface area (Å²) in [5.41, 5.74) is 1.15. The molecule has 2 aromatic heterocycles. The number of likely N-dealkylation sites (tertiary alicyclic amines) is 1. The maximum atomic E-state index is 12.9. The van der Waals surface area contributed by atoms with Crippen LogP contribution in [0.5, 0.6) is 0 Å². The third kappa shape index (κ3) is 2.59. The van der Waals surface area contributed by atoms with E-state index in [0.717, 1.165) is 55.8 Å². The lowest BCUT2D eigenvalue weighted by Gasteiger charge is -2.14. The molecule has 122 valence electrons. The van der Waals surface area contributed by atoms with Crippen LogP contribution in [0.3, 0.4) is 0 Å². The van der Waals surface area contributed by atoms with Crippen molar-refractivity contribution in [3.05, 3.63) is 32.7 Å². The Morgan fingerprint density at radius 3 is 2.57 bits per heavy atom. The molecule has 23 heavy (non-hydrogen) atoms. The molecule has 1 aliphatic heterocycles. The standard InChI is InChI=1S/C17H21N3O2S/c21-15(19-9-5-6-10-19)12-11-18-17-20(16(12)22)13-7-3-1-2-4-8-14(13)23-17/h11H,1-10H2. The summed E-state index contributed by atoms with van der Waals surface area (Å²) in [4.78, 5) is 33.8. The van der Waals surface area contributed by atoms with Crippen molar-refractivity contribution in [3.63, 3.8) is 0 Å². The van der Waals surface area contributed by atoms with Crippen molar-refractivity contribution in [1.29, 1.82) is 0 Å². The topological polar surface area (TPSA) is 54.7 Å². The molecule has 4 rings (SSSR count). The van der Waals surface area contributed by atoms with E-state index in [-0.39, 0.29) is 17.0 Å². The zero-order valence-corrected chi connectivity index (χ0v) is 14.0. The molecule has 3 heterocycles. The number of rotatable bonds is 1. The zero-order chi connectivity index (χ0) is 15.8. The Bertz CT molecular complexity index is 802. The molecule has 1 aliphatic carbocycles. The van der Waals surface area contributed by atoms with Crippen LogP contribution in [0.25, 0.3) is 4.96 Å². The highest BCUT2D eigenvalue weighted by Gasteiger charge is 2.25. The van der Waals surface area contributed by atoms with Crippen molar-refractivity contribution in [2.75, 3.05) is 13.1 Å². The molecule has 0 radical (unpaired) electrons. The maximum absolute atomic E-state index is 12.9. The minimum Gasteiger partial charge on any atom is -0.338 e. The van der Waals surface area contributed by atoms with E-state index in [1.54, 1.807) is 20.6 Å². The van der Waals surface area contributed by atoms with Gasteiger partial charge in [0.1, 0.15) is 5.56 Å². The van der Waals surface area contributed by atoms with Gasteiger partial charge >= 0.3 is 0 Å². The molecule has 0 saturated carbocycles. The third-order valence-electron chi connectivity index (χ3n) is 4.93. The molecule has 0 spiro atoms. The molecular formula is C17H21N3O2S. The van der Waals surface area contributed by atoms with Crippen LogP contribution in [0.1, 0.15) is 59.5 Å². The van der Waals surface area contributed by atoms with Crippen LogP contribution in [0, 0.1) is 0 Å². The van der Waals surface area contributed by atoms with Gasteiger partial charge in [-0.3, -0.25) is 14.0 Å². The van der Waals surface area contributed by atoms with Crippen molar-refractivity contribution in [2.45, 2.75) is 51.4 Å². The fourth-order valence-electron chi connectivity index (χ4n) is 3.66. The molecular weight excluding hydrogens is 310 g/mol. The first-order valence-corrected chi connectivity index (χ1v) is 9.39. The van der Waals surface area contributed by atoms with E-state index in [4.69, 9.17) is 0 Å². The van der Waals surface area contributed by atoms with Gasteiger partial charge in [-0.25, -0.2) is 4.98 Å². The van der Waals surface area contributed by atoms with E-state index in [2.05, 4.69) is 4.98 Å². The lowest BCUT2D eigenvalue weighted by molar-refractivity contribution is 0.0790. The average molecular weight is 331 g/mol. The summed E-state index contributed by atoms with van der Waals surface area (Å²) < 4.78 is 1.72. The SMILES string of the molecule is O=C(c1cnc2sc3c(n2c1=O)CCCCCC3)N1CCCC1. The van der Waals surface area contributed by atoms with Gasteiger partial charge in [0.15, 0.2) is 4.96 Å². The first kappa shape index (κ1) is 14.9. The molecule has 0 unspecified atom stereocenters. The number of hydrogen-bond donors (Lipinski definition) is 0. The van der Waals surface area contributed by atoms with Gasteiger partial charge < -0.3 is 4.90 Å². The summed E-state index contributed by atoms with van der Waals surface area (Å²) in [6.45, 7) is 1.51. The molecule has 5 nitrogen and oxygen atoms in total. The molecule has 1 saturated heterocycles. The Labute approximate surface area is 139 Å². The van der Waals surface area contributed by atoms with Gasteiger partial charge in [-0.1, -0.05) is 12.8 Å². The lowest BCUT2D eigenvalue weighted by atomic mass is 10.0. The normalized spacial score (nSPS) is 18.7. The fraction of sp³-hybridized carbons (Fsp3) is 0.588. The molecule has 2 aromatic rings. The van der Waals surface area contributed by atoms with Gasteiger partial charge in [0.05, 0.1) is 0 Å². The summed E-state index contributed by atoms with van der Waals surface area (Å²) in [6, 6.07) is 0. The highest BCUT2D eigenvalue weighted by Crippen LogP contribution is 2.27. The Morgan fingerprint density at radius 2 is 1.78 bits per heavy atom. The summed E-state index contributed by atoms with van der Waals surface area (Å²) in [5, 5.41) is 0. The van der Waals surface area contributed by atoms with E-state index in [1.165, 1.54) is 30.3 Å². The number of fused-ring (bicyclic) bond motifs is 3. The molecule has 0 atom stereocenters. The highest BCUT2D eigenvalue weighted by atomic mass is 32.1. The molecule has 1 fully saturated rings. The molecule has 0 bridgehead atoms. The largest absolute Gasteiger partial charge is 0.338 e. The van der Waals surface area contributed by atoms with Gasteiger partial charge in [-0.2, -0.15) is 0 Å². The number of aromatic nitrogens is 2. The first-order chi connectivity index (χ1) is 11.3. The Balaban J connectivity index is 1.82. The van der Waals surface area contributed by atoms with Gasteiger partial charge in [0, 0.05) is 29.9 Å². The Kier molecular flexibility index (Phi) is 3.93. The lowest BCUT2D eigenvalue weighted by Crippen LogP contribution is -2.34. The zero-order valence-electron chi connectivity index (χ0n) is 13.2. The average Bonchev–Trinajstić information content (AvgIpc) is 3.15. The van der Waals surface area contributed by atoms with E-state index in [1.807, 2.05) is 0 Å². The smallest absolute Gasteiger partial charge is 0.271 e. The minimum atomic E-state index is -0.176. The molecule has 6 heteroatoms. The molecule has 0 N–H and O–H groups in total. The van der Waals surface area contributed by atoms with E-state index >= 15 is 0 Å². The predicted octanol–water partition coefficient (Wildman–Crippen LogP) is 2.65. The number of carbonyl (C=O) groups excluding carboxylic acids is 1. The van der Waals surface area contributed by atoms with E-state index < -0.39 is 0 Å². The van der Waals surface area contributed by atoms with Gasteiger partial charge in [0.2, 0.25) is 0 Å². The fourth-order valence-corrected chi connectivity index (χ4v) is 4.83. The van der Waals surface area contributed by atoms with Crippen LogP contribution in [0.2, 0.25) is 0 Å².